The predicted octanol–water partition coefficient (Wildman–Crippen LogP) is 4.98. The van der Waals surface area contributed by atoms with Gasteiger partial charge in [-0.3, -0.25) is 4.79 Å². The van der Waals surface area contributed by atoms with Gasteiger partial charge in [-0.25, -0.2) is 0 Å². The molecule has 0 aliphatic heterocycles. The molecule has 0 N–H and O–H groups in total. The van der Waals surface area contributed by atoms with Gasteiger partial charge in [-0.1, -0.05) is 81.8 Å². The van der Waals surface area contributed by atoms with Crippen molar-refractivity contribution < 1.29 is 4.79 Å². The third-order valence-corrected chi connectivity index (χ3v) is 4.70. The highest BCUT2D eigenvalue weighted by Crippen LogP contribution is 2.42. The van der Waals surface area contributed by atoms with E-state index in [0.29, 0.717) is 24.0 Å². The van der Waals surface area contributed by atoms with Crippen LogP contribution < -0.4 is 0 Å². The van der Waals surface area contributed by atoms with Gasteiger partial charge in [-0.05, 0) is 23.8 Å². The lowest BCUT2D eigenvalue weighted by molar-refractivity contribution is -0.127. The van der Waals surface area contributed by atoms with Gasteiger partial charge in [0.15, 0.2) is 0 Å². The number of hydrogen-bond donors (Lipinski definition) is 0. The molecule has 0 fully saturated rings. The number of ketones is 1. The quantitative estimate of drug-likeness (QED) is 0.744. The Morgan fingerprint density at radius 3 is 2.38 bits per heavy atom. The Hall–Kier alpha value is -1.63. The first-order valence-corrected chi connectivity index (χ1v) is 7.91. The van der Waals surface area contributed by atoms with Crippen molar-refractivity contribution in [1.82, 2.24) is 0 Å². The van der Waals surface area contributed by atoms with Crippen molar-refractivity contribution in [1.29, 1.82) is 0 Å². The molecule has 1 nitrogen and oxygen atoms in total. The zero-order chi connectivity index (χ0) is 15.5. The summed E-state index contributed by atoms with van der Waals surface area (Å²) in [5, 5.41) is 0. The molecule has 1 aliphatic carbocycles. The van der Waals surface area contributed by atoms with Crippen molar-refractivity contribution in [2.24, 2.45) is 17.3 Å². The molecule has 112 valence electrons. The van der Waals surface area contributed by atoms with E-state index in [1.165, 1.54) is 5.57 Å². The molecule has 0 amide bonds. The maximum atomic E-state index is 13.0. The summed E-state index contributed by atoms with van der Waals surface area (Å²) in [7, 11) is 0. The third-order valence-electron chi connectivity index (χ3n) is 4.70. The molecule has 0 saturated carbocycles. The number of Topliss-reactive ketones (excluding diaryl/α,β-unsaturated/α-hetero) is 1. The fourth-order valence-electron chi connectivity index (χ4n) is 3.05. The zero-order valence-electron chi connectivity index (χ0n) is 13.6. The molecule has 0 aromatic heterocycles. The summed E-state index contributed by atoms with van der Waals surface area (Å²) < 4.78 is 0. The van der Waals surface area contributed by atoms with E-state index in [4.69, 9.17) is 0 Å². The van der Waals surface area contributed by atoms with Crippen LogP contribution in [0.1, 0.15) is 39.7 Å². The van der Waals surface area contributed by atoms with Gasteiger partial charge in [-0.2, -0.15) is 0 Å². The Morgan fingerprint density at radius 2 is 1.81 bits per heavy atom. The van der Waals surface area contributed by atoms with E-state index in [1.54, 1.807) is 0 Å². The van der Waals surface area contributed by atoms with Crippen LogP contribution in [-0.4, -0.2) is 5.78 Å². The van der Waals surface area contributed by atoms with Crippen LogP contribution in [-0.2, 0) is 11.2 Å². The van der Waals surface area contributed by atoms with Crippen molar-refractivity contribution >= 4 is 5.78 Å². The SMILES string of the molecule is CC(C)C1=CC=CC(C(=O)Cc2ccccc2)(C(C)C)C1. The smallest absolute Gasteiger partial charge is 0.147 e. The van der Waals surface area contributed by atoms with Gasteiger partial charge in [0.25, 0.3) is 0 Å². The third kappa shape index (κ3) is 3.34. The topological polar surface area (TPSA) is 17.1 Å². The van der Waals surface area contributed by atoms with Crippen LogP contribution in [0.4, 0.5) is 0 Å². The lowest BCUT2D eigenvalue weighted by Gasteiger charge is -2.37. The van der Waals surface area contributed by atoms with Gasteiger partial charge in [0.05, 0.1) is 5.41 Å². The van der Waals surface area contributed by atoms with Crippen LogP contribution in [0.2, 0.25) is 0 Å². The molecule has 0 saturated heterocycles. The highest BCUT2D eigenvalue weighted by molar-refractivity contribution is 5.89. The summed E-state index contributed by atoms with van der Waals surface area (Å²) in [5.41, 5.74) is 2.15. The first-order valence-electron chi connectivity index (χ1n) is 7.91. The number of hydrogen-bond acceptors (Lipinski definition) is 1. The molecule has 1 aliphatic rings. The monoisotopic (exact) mass is 282 g/mol. The first-order chi connectivity index (χ1) is 9.95. The molecule has 2 rings (SSSR count). The highest BCUT2D eigenvalue weighted by atomic mass is 16.1. The molecule has 0 bridgehead atoms. The second-order valence-corrected chi connectivity index (χ2v) is 6.71. The van der Waals surface area contributed by atoms with E-state index in [-0.39, 0.29) is 5.41 Å². The van der Waals surface area contributed by atoms with Crippen LogP contribution in [0.25, 0.3) is 0 Å². The molecule has 0 spiro atoms. The van der Waals surface area contributed by atoms with Crippen molar-refractivity contribution in [2.75, 3.05) is 0 Å². The normalized spacial score (nSPS) is 21.7. The number of carbonyl (C=O) groups excluding carboxylic acids is 1. The number of allylic oxidation sites excluding steroid dienone is 4. The molecule has 0 heterocycles. The first kappa shape index (κ1) is 15.8. The number of carbonyl (C=O) groups is 1. The summed E-state index contributed by atoms with van der Waals surface area (Å²) in [6, 6.07) is 10.1. The van der Waals surface area contributed by atoms with Crippen LogP contribution in [0.5, 0.6) is 0 Å². The van der Waals surface area contributed by atoms with Crippen LogP contribution in [0.3, 0.4) is 0 Å². The van der Waals surface area contributed by atoms with Gasteiger partial charge in [0.2, 0.25) is 0 Å². The van der Waals surface area contributed by atoms with E-state index in [2.05, 4.69) is 45.9 Å². The molecule has 1 atom stereocenters. The van der Waals surface area contributed by atoms with E-state index in [0.717, 1.165) is 12.0 Å². The van der Waals surface area contributed by atoms with E-state index < -0.39 is 0 Å². The lowest BCUT2D eigenvalue weighted by Crippen LogP contribution is -2.37. The van der Waals surface area contributed by atoms with Crippen LogP contribution in [0.15, 0.2) is 54.1 Å². The number of rotatable bonds is 5. The Balaban J connectivity index is 2.26. The largest absolute Gasteiger partial charge is 0.298 e. The molecular weight excluding hydrogens is 256 g/mol. The Morgan fingerprint density at radius 1 is 1.14 bits per heavy atom. The van der Waals surface area contributed by atoms with Gasteiger partial charge in [0, 0.05) is 6.42 Å². The summed E-state index contributed by atoms with van der Waals surface area (Å²) in [6.45, 7) is 8.74. The van der Waals surface area contributed by atoms with E-state index in [1.807, 2.05) is 30.3 Å². The Kier molecular flexibility index (Phi) is 4.82. The molecule has 1 aromatic rings. The van der Waals surface area contributed by atoms with Crippen molar-refractivity contribution in [2.45, 2.75) is 40.5 Å². The maximum absolute atomic E-state index is 13.0. The van der Waals surface area contributed by atoms with Crippen LogP contribution >= 0.6 is 0 Å². The average molecular weight is 282 g/mol. The minimum atomic E-state index is -0.343. The highest BCUT2D eigenvalue weighted by Gasteiger charge is 2.40. The number of benzene rings is 1. The Bertz CT molecular complexity index is 548. The standard InChI is InChI=1S/C20H26O/c1-15(2)18-11-8-12-20(14-18,16(3)4)19(21)13-17-9-6-5-7-10-17/h5-12,15-16H,13-14H2,1-4H3. The summed E-state index contributed by atoms with van der Waals surface area (Å²) >= 11 is 0. The van der Waals surface area contributed by atoms with E-state index in [9.17, 15) is 4.79 Å². The molecular formula is C20H26O. The minimum absolute atomic E-state index is 0.312. The maximum Gasteiger partial charge on any atom is 0.147 e. The van der Waals surface area contributed by atoms with Crippen molar-refractivity contribution in [3.05, 3.63) is 59.7 Å². The average Bonchev–Trinajstić information content (AvgIpc) is 2.48. The van der Waals surface area contributed by atoms with Gasteiger partial charge in [0.1, 0.15) is 5.78 Å². The van der Waals surface area contributed by atoms with E-state index >= 15 is 0 Å². The molecule has 1 aromatic carbocycles. The fourth-order valence-corrected chi connectivity index (χ4v) is 3.05. The van der Waals surface area contributed by atoms with Crippen molar-refractivity contribution in [3.63, 3.8) is 0 Å². The van der Waals surface area contributed by atoms with Crippen LogP contribution in [0, 0.1) is 17.3 Å². The zero-order valence-corrected chi connectivity index (χ0v) is 13.6. The van der Waals surface area contributed by atoms with Gasteiger partial charge < -0.3 is 0 Å². The second-order valence-electron chi connectivity index (χ2n) is 6.71. The van der Waals surface area contributed by atoms with Gasteiger partial charge in [-0.15, -0.1) is 0 Å². The summed E-state index contributed by atoms with van der Waals surface area (Å²) in [6.07, 6.45) is 7.79. The summed E-state index contributed by atoms with van der Waals surface area (Å²) in [4.78, 5) is 13.0. The Labute approximate surface area is 128 Å². The molecule has 1 heteroatoms. The molecule has 0 radical (unpaired) electrons. The molecule has 21 heavy (non-hydrogen) atoms. The fraction of sp³-hybridized carbons (Fsp3) is 0.450. The van der Waals surface area contributed by atoms with Gasteiger partial charge >= 0.3 is 0 Å². The van der Waals surface area contributed by atoms with Crippen molar-refractivity contribution in [3.8, 4) is 0 Å². The summed E-state index contributed by atoms with van der Waals surface area (Å²) in [5.74, 6) is 1.15. The lowest BCUT2D eigenvalue weighted by atomic mass is 9.65. The second kappa shape index (κ2) is 6.43. The minimum Gasteiger partial charge on any atom is -0.298 e. The molecule has 1 unspecified atom stereocenters. The predicted molar refractivity (Wildman–Crippen MR) is 89.1 cm³/mol.